The van der Waals surface area contributed by atoms with Gasteiger partial charge in [0.25, 0.3) is 0 Å². The molecule has 1 atom stereocenters. The Hall–Kier alpha value is -3.16. The van der Waals surface area contributed by atoms with Crippen LogP contribution in [0, 0.1) is 6.92 Å². The highest BCUT2D eigenvalue weighted by molar-refractivity contribution is 7.14. The van der Waals surface area contributed by atoms with Crippen molar-refractivity contribution in [2.75, 3.05) is 15.5 Å². The summed E-state index contributed by atoms with van der Waals surface area (Å²) in [6.07, 6.45) is 1.48. The first-order valence-electron chi connectivity index (χ1n) is 8.50. The Balaban J connectivity index is 1.43. The third kappa shape index (κ3) is 3.69. The van der Waals surface area contributed by atoms with Crippen molar-refractivity contribution < 1.29 is 4.79 Å². The lowest BCUT2D eigenvalue weighted by Gasteiger charge is -2.29. The predicted octanol–water partition coefficient (Wildman–Crippen LogP) is 4.84. The van der Waals surface area contributed by atoms with Gasteiger partial charge in [0, 0.05) is 22.6 Å². The average Bonchev–Trinajstić information content (AvgIpc) is 3.13. The summed E-state index contributed by atoms with van der Waals surface area (Å²) < 4.78 is 0. The van der Waals surface area contributed by atoms with Crippen LogP contribution in [0.3, 0.4) is 0 Å². The monoisotopic (exact) mass is 377 g/mol. The van der Waals surface area contributed by atoms with Crippen LogP contribution in [0.25, 0.3) is 0 Å². The van der Waals surface area contributed by atoms with Gasteiger partial charge in [-0.1, -0.05) is 12.1 Å². The summed E-state index contributed by atoms with van der Waals surface area (Å²) in [7, 11) is 0. The molecule has 136 valence electrons. The van der Waals surface area contributed by atoms with Crippen molar-refractivity contribution in [1.82, 2.24) is 0 Å². The third-order valence-corrected chi connectivity index (χ3v) is 5.13. The average molecular weight is 377 g/mol. The first-order chi connectivity index (χ1) is 13.1. The van der Waals surface area contributed by atoms with E-state index in [1.54, 1.807) is 17.7 Å². The Morgan fingerprint density at radius 2 is 1.89 bits per heavy atom. The van der Waals surface area contributed by atoms with Gasteiger partial charge in [-0.25, -0.2) is 9.79 Å². The quantitative estimate of drug-likeness (QED) is 0.611. The van der Waals surface area contributed by atoms with E-state index in [-0.39, 0.29) is 12.2 Å². The summed E-state index contributed by atoms with van der Waals surface area (Å²) in [6, 6.07) is 16.9. The van der Waals surface area contributed by atoms with E-state index in [0.29, 0.717) is 5.69 Å². The van der Waals surface area contributed by atoms with E-state index in [1.165, 1.54) is 0 Å². The van der Waals surface area contributed by atoms with E-state index < -0.39 is 0 Å². The number of nitrogens with one attached hydrogen (secondary N) is 2. The van der Waals surface area contributed by atoms with Crippen LogP contribution in [-0.4, -0.2) is 12.4 Å². The number of anilines is 3. The Morgan fingerprint density at radius 3 is 2.67 bits per heavy atom. The molecule has 0 saturated carbocycles. The van der Waals surface area contributed by atoms with Gasteiger partial charge in [0.2, 0.25) is 0 Å². The van der Waals surface area contributed by atoms with Crippen LogP contribution in [0.5, 0.6) is 0 Å². The summed E-state index contributed by atoms with van der Waals surface area (Å²) in [5.41, 5.74) is 10.8. The molecule has 0 bridgehead atoms. The van der Waals surface area contributed by atoms with Crippen LogP contribution >= 0.6 is 11.3 Å². The normalized spacial score (nSPS) is 15.3. The van der Waals surface area contributed by atoms with E-state index in [4.69, 9.17) is 5.73 Å². The molecule has 0 fully saturated rings. The van der Waals surface area contributed by atoms with Gasteiger partial charge in [0.15, 0.2) is 0 Å². The fourth-order valence-electron chi connectivity index (χ4n) is 2.94. The summed E-state index contributed by atoms with van der Waals surface area (Å²) in [6.45, 7) is 1.98. The zero-order valence-electron chi connectivity index (χ0n) is 14.7. The summed E-state index contributed by atoms with van der Waals surface area (Å²) in [4.78, 5) is 18.5. The Bertz CT molecular complexity index is 996. The maximum absolute atomic E-state index is 12.2. The van der Waals surface area contributed by atoms with E-state index in [9.17, 15) is 4.79 Å². The highest BCUT2D eigenvalue weighted by Gasteiger charge is 2.23. The first-order valence-corrected chi connectivity index (χ1v) is 9.38. The number of amides is 2. The number of fused-ring (bicyclic) bond motifs is 1. The molecule has 2 aromatic carbocycles. The Labute approximate surface area is 161 Å². The molecule has 7 heteroatoms. The number of aliphatic imine (C=N–C) groups is 1. The molecule has 0 radical (unpaired) electrons. The summed E-state index contributed by atoms with van der Waals surface area (Å²) in [5.74, 6) is 0. The number of aryl methyl sites for hydroxylation is 1. The highest BCUT2D eigenvalue weighted by atomic mass is 32.1. The number of carbonyl (C=O) groups excluding carboxylic acids is 1. The fraction of sp³-hybridized carbons (Fsp3) is 0.100. The van der Waals surface area contributed by atoms with Crippen molar-refractivity contribution in [3.8, 4) is 0 Å². The Morgan fingerprint density at radius 1 is 1.11 bits per heavy atom. The van der Waals surface area contributed by atoms with Gasteiger partial charge in [-0.3, -0.25) is 0 Å². The minimum absolute atomic E-state index is 0.271. The van der Waals surface area contributed by atoms with Crippen molar-refractivity contribution in [2.24, 2.45) is 10.7 Å². The molecule has 0 aliphatic carbocycles. The number of thiophene rings is 1. The minimum Gasteiger partial charge on any atom is -0.312 e. The molecule has 0 spiro atoms. The Kier molecular flexibility index (Phi) is 4.62. The first kappa shape index (κ1) is 17.3. The second-order valence-corrected chi connectivity index (χ2v) is 7.17. The van der Waals surface area contributed by atoms with Gasteiger partial charge < -0.3 is 21.3 Å². The minimum atomic E-state index is -0.285. The van der Waals surface area contributed by atoms with E-state index >= 15 is 0 Å². The molecule has 4 rings (SSSR count). The highest BCUT2D eigenvalue weighted by Crippen LogP contribution is 2.36. The molecule has 3 aromatic rings. The maximum atomic E-state index is 12.2. The number of rotatable bonds is 3. The topological polar surface area (TPSA) is 82.8 Å². The van der Waals surface area contributed by atoms with Gasteiger partial charge >= 0.3 is 6.03 Å². The van der Waals surface area contributed by atoms with Crippen LogP contribution in [0.4, 0.5) is 26.9 Å². The van der Waals surface area contributed by atoms with Crippen LogP contribution in [-0.2, 0) is 0 Å². The van der Waals surface area contributed by atoms with Crippen LogP contribution < -0.4 is 21.3 Å². The molecule has 4 N–H and O–H groups in total. The lowest BCUT2D eigenvalue weighted by atomic mass is 10.2. The van der Waals surface area contributed by atoms with Crippen molar-refractivity contribution in [3.63, 3.8) is 0 Å². The molecule has 1 aliphatic rings. The van der Waals surface area contributed by atoms with Gasteiger partial charge in [-0.05, 0) is 60.3 Å². The van der Waals surface area contributed by atoms with Crippen LogP contribution in [0.1, 0.15) is 17.3 Å². The predicted molar refractivity (Wildman–Crippen MR) is 112 cm³/mol. The molecule has 2 amide bonds. The molecular weight excluding hydrogens is 358 g/mol. The molecular formula is C20H19N5OS. The summed E-state index contributed by atoms with van der Waals surface area (Å²) in [5, 5.41) is 8.60. The zero-order chi connectivity index (χ0) is 18.8. The van der Waals surface area contributed by atoms with Gasteiger partial charge in [-0.15, -0.1) is 11.3 Å². The summed E-state index contributed by atoms with van der Waals surface area (Å²) >= 11 is 1.58. The molecule has 1 aromatic heterocycles. The van der Waals surface area contributed by atoms with Crippen molar-refractivity contribution >= 4 is 45.8 Å². The largest absolute Gasteiger partial charge is 0.323 e. The zero-order valence-corrected chi connectivity index (χ0v) is 15.5. The van der Waals surface area contributed by atoms with E-state index in [2.05, 4.69) is 15.6 Å². The molecule has 27 heavy (non-hydrogen) atoms. The lowest BCUT2D eigenvalue weighted by molar-refractivity contribution is 0.262. The molecule has 1 aliphatic heterocycles. The number of carbonyl (C=O) groups is 1. The van der Waals surface area contributed by atoms with Crippen molar-refractivity contribution in [1.29, 1.82) is 0 Å². The molecule has 1 unspecified atom stereocenters. The van der Waals surface area contributed by atoms with Gasteiger partial charge in [0.05, 0.1) is 6.34 Å². The third-order valence-electron chi connectivity index (χ3n) is 4.29. The van der Waals surface area contributed by atoms with E-state index in [1.807, 2.05) is 71.8 Å². The second kappa shape index (κ2) is 7.22. The van der Waals surface area contributed by atoms with E-state index in [0.717, 1.165) is 27.5 Å². The smallest absolute Gasteiger partial charge is 0.312 e. The number of hydrogen-bond acceptors (Lipinski definition) is 5. The van der Waals surface area contributed by atoms with Gasteiger partial charge in [-0.2, -0.15) is 0 Å². The second-order valence-electron chi connectivity index (χ2n) is 6.27. The van der Waals surface area contributed by atoms with Crippen molar-refractivity contribution in [3.05, 3.63) is 71.1 Å². The van der Waals surface area contributed by atoms with Gasteiger partial charge in [0.1, 0.15) is 11.2 Å². The van der Waals surface area contributed by atoms with Crippen molar-refractivity contribution in [2.45, 2.75) is 13.1 Å². The number of hydrogen-bond donors (Lipinski definition) is 3. The van der Waals surface area contributed by atoms with Crippen LogP contribution in [0.15, 0.2) is 65.0 Å². The molecule has 6 nitrogen and oxygen atoms in total. The molecule has 0 saturated heterocycles. The SMILES string of the molecule is Cc1cccc(NC(=O)Nc2ccc(N3C=Nc4sccc4C3N)cc2)c1. The fourth-order valence-corrected chi connectivity index (χ4v) is 3.71. The standard InChI is InChI=1S/C20H19N5OS/c1-13-3-2-4-15(11-13)24-20(26)23-14-5-7-16(8-6-14)25-12-22-19-17(18(25)21)9-10-27-19/h2-12,18H,21H2,1H3,(H2,23,24,26). The maximum Gasteiger partial charge on any atom is 0.323 e. The number of benzene rings is 2. The number of urea groups is 1. The number of nitrogens with zero attached hydrogens (tertiary/aromatic N) is 2. The van der Waals surface area contributed by atoms with Crippen LogP contribution in [0.2, 0.25) is 0 Å². The molecule has 2 heterocycles. The lowest BCUT2D eigenvalue weighted by Crippen LogP contribution is -2.35. The number of nitrogens with two attached hydrogens (primary N) is 1.